The van der Waals surface area contributed by atoms with Crippen LogP contribution in [0.1, 0.15) is 10.4 Å². The van der Waals surface area contributed by atoms with Crippen LogP contribution in [0.15, 0.2) is 29.1 Å². The van der Waals surface area contributed by atoms with E-state index < -0.39 is 0 Å². The molecule has 0 radical (unpaired) electrons. The number of carbonyl (C=O) groups is 1. The predicted octanol–water partition coefficient (Wildman–Crippen LogP) is 1.99. The Balaban J connectivity index is 1.79. The Morgan fingerprint density at radius 2 is 1.48 bits per heavy atom. The van der Waals surface area contributed by atoms with Crippen molar-refractivity contribution in [3.8, 4) is 17.2 Å². The first kappa shape index (κ1) is 22.5. The Morgan fingerprint density at radius 3 is 2.03 bits per heavy atom. The maximum absolute atomic E-state index is 13.3. The Labute approximate surface area is 191 Å². The lowest BCUT2D eigenvalue weighted by Crippen LogP contribution is -2.36. The zero-order chi connectivity index (χ0) is 23.7. The molecule has 0 bridgehead atoms. The molecule has 0 spiro atoms. The van der Waals surface area contributed by atoms with E-state index in [9.17, 15) is 9.59 Å². The molecular weight excluding hydrogens is 428 g/mol. The first-order valence-electron chi connectivity index (χ1n) is 10.5. The second-order valence-electron chi connectivity index (χ2n) is 7.73. The highest BCUT2D eigenvalue weighted by Crippen LogP contribution is 2.39. The van der Waals surface area contributed by atoms with Crippen molar-refractivity contribution in [2.75, 3.05) is 57.8 Å². The van der Waals surface area contributed by atoms with E-state index in [4.69, 9.17) is 18.9 Å². The van der Waals surface area contributed by atoms with Crippen molar-refractivity contribution in [3.63, 3.8) is 0 Å². The van der Waals surface area contributed by atoms with E-state index in [2.05, 4.69) is 10.2 Å². The predicted molar refractivity (Wildman–Crippen MR) is 125 cm³/mol. The average molecular weight is 456 g/mol. The molecule has 1 fully saturated rings. The Morgan fingerprint density at radius 1 is 0.909 bits per heavy atom. The number of carbonyl (C=O) groups excluding carboxylic acids is 1. The maximum atomic E-state index is 13.3. The van der Waals surface area contributed by atoms with Crippen LogP contribution < -0.4 is 30.1 Å². The van der Waals surface area contributed by atoms with Gasteiger partial charge in [-0.1, -0.05) is 0 Å². The number of nitrogens with one attached hydrogen (secondary N) is 1. The first-order chi connectivity index (χ1) is 15.9. The number of amides is 1. The van der Waals surface area contributed by atoms with Crippen molar-refractivity contribution in [2.45, 2.75) is 0 Å². The Hall–Kier alpha value is -3.66. The number of imidazole rings is 1. The Bertz CT molecular complexity index is 1230. The van der Waals surface area contributed by atoms with Gasteiger partial charge in [-0.05, 0) is 24.3 Å². The monoisotopic (exact) mass is 456 g/mol. The number of morpholine rings is 1. The van der Waals surface area contributed by atoms with Crippen molar-refractivity contribution < 1.29 is 23.7 Å². The smallest absolute Gasteiger partial charge is 0.328 e. The standard InChI is InChI=1S/C23H28N4O6/c1-25-17-12-15(16(27-6-8-33-9-7-27)13-18(17)26(2)23(25)29)24-22(28)14-10-19(30-3)21(32-5)20(11-14)31-4/h10-13H,6-9H2,1-5H3,(H,24,28). The van der Waals surface area contributed by atoms with Gasteiger partial charge in [0.25, 0.3) is 5.91 Å². The van der Waals surface area contributed by atoms with Crippen LogP contribution in [0.25, 0.3) is 11.0 Å². The number of ether oxygens (including phenoxy) is 4. The van der Waals surface area contributed by atoms with Gasteiger partial charge in [0.2, 0.25) is 5.75 Å². The van der Waals surface area contributed by atoms with Crippen LogP contribution in [-0.2, 0) is 18.8 Å². The minimum absolute atomic E-state index is 0.133. The van der Waals surface area contributed by atoms with E-state index in [0.29, 0.717) is 54.8 Å². The van der Waals surface area contributed by atoms with E-state index in [1.807, 2.05) is 12.1 Å². The normalized spacial score (nSPS) is 13.8. The van der Waals surface area contributed by atoms with Crippen LogP contribution in [0.5, 0.6) is 17.2 Å². The van der Waals surface area contributed by atoms with Gasteiger partial charge in [-0.3, -0.25) is 13.9 Å². The minimum Gasteiger partial charge on any atom is -0.493 e. The molecule has 4 rings (SSSR count). The second-order valence-corrected chi connectivity index (χ2v) is 7.73. The zero-order valence-electron chi connectivity index (χ0n) is 19.4. The first-order valence-corrected chi connectivity index (χ1v) is 10.5. The van der Waals surface area contributed by atoms with Crippen LogP contribution in [0.2, 0.25) is 0 Å². The molecule has 0 atom stereocenters. The highest BCUT2D eigenvalue weighted by atomic mass is 16.5. The SMILES string of the molecule is COc1cc(C(=O)Nc2cc3c(cc2N2CCOCC2)n(C)c(=O)n3C)cc(OC)c1OC. The van der Waals surface area contributed by atoms with Crippen molar-refractivity contribution >= 4 is 28.3 Å². The number of hydrogen-bond acceptors (Lipinski definition) is 7. The summed E-state index contributed by atoms with van der Waals surface area (Å²) in [6.45, 7) is 2.54. The summed E-state index contributed by atoms with van der Waals surface area (Å²) in [5.74, 6) is 0.836. The van der Waals surface area contributed by atoms with Gasteiger partial charge in [-0.15, -0.1) is 0 Å². The fourth-order valence-corrected chi connectivity index (χ4v) is 4.11. The van der Waals surface area contributed by atoms with Gasteiger partial charge >= 0.3 is 5.69 Å². The number of methoxy groups -OCH3 is 3. The van der Waals surface area contributed by atoms with Crippen LogP contribution in [0.3, 0.4) is 0 Å². The molecule has 2 aromatic carbocycles. The molecule has 1 saturated heterocycles. The summed E-state index contributed by atoms with van der Waals surface area (Å²) >= 11 is 0. The molecule has 0 unspecified atom stereocenters. The van der Waals surface area contributed by atoms with E-state index in [1.165, 1.54) is 21.3 Å². The van der Waals surface area contributed by atoms with Crippen LogP contribution in [0, 0.1) is 0 Å². The van der Waals surface area contributed by atoms with Gasteiger partial charge in [0.1, 0.15) is 0 Å². The number of nitrogens with zero attached hydrogens (tertiary/aromatic N) is 3. The zero-order valence-corrected chi connectivity index (χ0v) is 19.4. The lowest BCUT2D eigenvalue weighted by Gasteiger charge is -2.30. The summed E-state index contributed by atoms with van der Waals surface area (Å²) in [4.78, 5) is 27.9. The van der Waals surface area contributed by atoms with Crippen LogP contribution in [-0.4, -0.2) is 62.7 Å². The molecule has 2 heterocycles. The van der Waals surface area contributed by atoms with Crippen LogP contribution in [0.4, 0.5) is 11.4 Å². The fraction of sp³-hybridized carbons (Fsp3) is 0.391. The highest BCUT2D eigenvalue weighted by molar-refractivity contribution is 6.08. The summed E-state index contributed by atoms with van der Waals surface area (Å²) in [6, 6.07) is 6.97. The molecule has 0 aliphatic carbocycles. The third-order valence-corrected chi connectivity index (χ3v) is 5.92. The average Bonchev–Trinajstić information content (AvgIpc) is 3.06. The molecule has 0 saturated carbocycles. The van der Waals surface area contributed by atoms with Crippen molar-refractivity contribution in [1.29, 1.82) is 0 Å². The van der Waals surface area contributed by atoms with Gasteiger partial charge in [-0.25, -0.2) is 4.79 Å². The lowest BCUT2D eigenvalue weighted by atomic mass is 10.1. The molecule has 176 valence electrons. The molecule has 1 N–H and O–H groups in total. The third-order valence-electron chi connectivity index (χ3n) is 5.92. The number of aromatic nitrogens is 2. The number of rotatable bonds is 6. The van der Waals surface area contributed by atoms with Crippen molar-refractivity contribution in [2.24, 2.45) is 14.1 Å². The van der Waals surface area contributed by atoms with Crippen molar-refractivity contribution in [3.05, 3.63) is 40.3 Å². The molecule has 33 heavy (non-hydrogen) atoms. The lowest BCUT2D eigenvalue weighted by molar-refractivity contribution is 0.102. The fourth-order valence-electron chi connectivity index (χ4n) is 4.11. The summed E-state index contributed by atoms with van der Waals surface area (Å²) in [5.41, 5.74) is 3.15. The van der Waals surface area contributed by atoms with E-state index in [0.717, 1.165) is 16.7 Å². The number of anilines is 2. The minimum atomic E-state index is -0.343. The molecule has 10 nitrogen and oxygen atoms in total. The van der Waals surface area contributed by atoms with E-state index >= 15 is 0 Å². The van der Waals surface area contributed by atoms with E-state index in [1.54, 1.807) is 35.4 Å². The van der Waals surface area contributed by atoms with Gasteiger partial charge in [0.05, 0.1) is 57.0 Å². The number of hydrogen-bond donors (Lipinski definition) is 1. The van der Waals surface area contributed by atoms with Crippen LogP contribution >= 0.6 is 0 Å². The summed E-state index contributed by atoms with van der Waals surface area (Å²) in [5, 5.41) is 3.01. The maximum Gasteiger partial charge on any atom is 0.328 e. The molecule has 3 aromatic rings. The van der Waals surface area contributed by atoms with Gasteiger partial charge in [0.15, 0.2) is 11.5 Å². The molecule has 10 heteroatoms. The topological polar surface area (TPSA) is 96.2 Å². The number of benzene rings is 2. The molecule has 1 aromatic heterocycles. The van der Waals surface area contributed by atoms with Crippen molar-refractivity contribution in [1.82, 2.24) is 9.13 Å². The van der Waals surface area contributed by atoms with Gasteiger partial charge < -0.3 is 29.2 Å². The van der Waals surface area contributed by atoms with Gasteiger partial charge in [-0.2, -0.15) is 0 Å². The quantitative estimate of drug-likeness (QED) is 0.606. The highest BCUT2D eigenvalue weighted by Gasteiger charge is 2.22. The number of fused-ring (bicyclic) bond motifs is 1. The number of aryl methyl sites for hydroxylation is 2. The van der Waals surface area contributed by atoms with E-state index in [-0.39, 0.29) is 11.6 Å². The molecular formula is C23H28N4O6. The summed E-state index contributed by atoms with van der Waals surface area (Å²) in [6.07, 6.45) is 0. The molecule has 1 aliphatic heterocycles. The molecule has 1 amide bonds. The Kier molecular flexibility index (Phi) is 6.19. The molecule has 1 aliphatic rings. The van der Waals surface area contributed by atoms with Gasteiger partial charge in [0, 0.05) is 32.7 Å². The summed E-state index contributed by atoms with van der Waals surface area (Å²) < 4.78 is 24.8. The largest absolute Gasteiger partial charge is 0.493 e. The second kappa shape index (κ2) is 9.07. The summed E-state index contributed by atoms with van der Waals surface area (Å²) in [7, 11) is 7.96. The third kappa shape index (κ3) is 3.97.